The van der Waals surface area contributed by atoms with Crippen LogP contribution in [-0.2, 0) is 14.8 Å². The van der Waals surface area contributed by atoms with Gasteiger partial charge in [0.2, 0.25) is 15.9 Å². The maximum atomic E-state index is 12.3. The second kappa shape index (κ2) is 8.81. The van der Waals surface area contributed by atoms with Crippen molar-refractivity contribution in [2.24, 2.45) is 0 Å². The number of anilines is 1. The number of hydrogen-bond acceptors (Lipinski definition) is 4. The van der Waals surface area contributed by atoms with Gasteiger partial charge >= 0.3 is 0 Å². The van der Waals surface area contributed by atoms with Crippen molar-refractivity contribution in [3.63, 3.8) is 0 Å². The molecule has 0 aliphatic carbocycles. The topological polar surface area (TPSA) is 83.6 Å². The van der Waals surface area contributed by atoms with Gasteiger partial charge in [-0.2, -0.15) is 0 Å². The number of nitrogens with zero attached hydrogens (tertiary/aromatic N) is 1. The van der Waals surface area contributed by atoms with E-state index in [9.17, 15) is 18.0 Å². The van der Waals surface area contributed by atoms with E-state index in [1.54, 1.807) is 18.2 Å². The van der Waals surface area contributed by atoms with Crippen LogP contribution in [0.2, 0.25) is 0 Å². The molecule has 2 aromatic carbocycles. The van der Waals surface area contributed by atoms with Crippen LogP contribution >= 0.6 is 0 Å². The van der Waals surface area contributed by atoms with Crippen LogP contribution in [0.1, 0.15) is 35.7 Å². The standard InChI is InChI=1S/C20H24N2O4S/c1-15(17-8-5-4-6-9-17)13-21-20(24)14-22(27(3,25)26)19-11-7-10-18(12-19)16(2)23/h4-12,15H,13-14H2,1-3H3,(H,21,24)/t15-/m1/s1. The summed E-state index contributed by atoms with van der Waals surface area (Å²) in [6, 6.07) is 16.0. The second-order valence-corrected chi connectivity index (χ2v) is 8.40. The Labute approximate surface area is 160 Å². The van der Waals surface area contributed by atoms with Crippen LogP contribution in [0, 0.1) is 0 Å². The van der Waals surface area contributed by atoms with Crippen molar-refractivity contribution < 1.29 is 18.0 Å². The summed E-state index contributed by atoms with van der Waals surface area (Å²) in [7, 11) is -3.69. The van der Waals surface area contributed by atoms with Crippen LogP contribution in [0.5, 0.6) is 0 Å². The highest BCUT2D eigenvalue weighted by Crippen LogP contribution is 2.19. The van der Waals surface area contributed by atoms with E-state index in [2.05, 4.69) is 5.32 Å². The molecule has 2 aromatic rings. The maximum absolute atomic E-state index is 12.3. The Hall–Kier alpha value is -2.67. The fourth-order valence-electron chi connectivity index (χ4n) is 2.63. The molecule has 0 unspecified atom stereocenters. The molecule has 144 valence electrons. The lowest BCUT2D eigenvalue weighted by Crippen LogP contribution is -2.41. The lowest BCUT2D eigenvalue weighted by molar-refractivity contribution is -0.119. The first kappa shape index (κ1) is 20.6. The van der Waals surface area contributed by atoms with E-state index in [-0.39, 0.29) is 23.9 Å². The van der Waals surface area contributed by atoms with Gasteiger partial charge in [-0.1, -0.05) is 49.4 Å². The first-order chi connectivity index (χ1) is 12.7. The minimum Gasteiger partial charge on any atom is -0.354 e. The molecule has 1 N–H and O–H groups in total. The molecule has 0 aliphatic rings. The zero-order chi connectivity index (χ0) is 20.0. The fourth-order valence-corrected chi connectivity index (χ4v) is 3.48. The molecular weight excluding hydrogens is 364 g/mol. The van der Waals surface area contributed by atoms with Gasteiger partial charge in [-0.3, -0.25) is 13.9 Å². The van der Waals surface area contributed by atoms with E-state index in [4.69, 9.17) is 0 Å². The predicted molar refractivity (Wildman–Crippen MR) is 107 cm³/mol. The van der Waals surface area contributed by atoms with Crippen molar-refractivity contribution in [2.45, 2.75) is 19.8 Å². The van der Waals surface area contributed by atoms with Gasteiger partial charge < -0.3 is 5.32 Å². The van der Waals surface area contributed by atoms with Crippen LogP contribution in [0.25, 0.3) is 0 Å². The van der Waals surface area contributed by atoms with Crippen molar-refractivity contribution >= 4 is 27.4 Å². The van der Waals surface area contributed by atoms with Gasteiger partial charge in [0.15, 0.2) is 5.78 Å². The van der Waals surface area contributed by atoms with Crippen molar-refractivity contribution in [3.8, 4) is 0 Å². The van der Waals surface area contributed by atoms with Gasteiger partial charge in [0.05, 0.1) is 11.9 Å². The zero-order valence-corrected chi connectivity index (χ0v) is 16.5. The van der Waals surface area contributed by atoms with Gasteiger partial charge in [0.1, 0.15) is 6.54 Å². The Morgan fingerprint density at radius 2 is 1.74 bits per heavy atom. The number of carbonyl (C=O) groups is 2. The van der Waals surface area contributed by atoms with Gasteiger partial charge in [-0.15, -0.1) is 0 Å². The minimum atomic E-state index is -3.69. The normalized spacial score (nSPS) is 12.3. The Morgan fingerprint density at radius 1 is 1.07 bits per heavy atom. The fraction of sp³-hybridized carbons (Fsp3) is 0.300. The number of Topliss-reactive ketones (excluding diaryl/α,β-unsaturated/α-hetero) is 1. The molecule has 0 saturated carbocycles. The number of carbonyl (C=O) groups excluding carboxylic acids is 2. The van der Waals surface area contributed by atoms with Crippen LogP contribution in [0.3, 0.4) is 0 Å². The monoisotopic (exact) mass is 388 g/mol. The number of ketones is 1. The molecule has 27 heavy (non-hydrogen) atoms. The lowest BCUT2D eigenvalue weighted by Gasteiger charge is -2.23. The Kier molecular flexibility index (Phi) is 6.74. The number of amides is 1. The maximum Gasteiger partial charge on any atom is 0.240 e. The van der Waals surface area contributed by atoms with E-state index in [0.29, 0.717) is 12.1 Å². The van der Waals surface area contributed by atoms with Crippen LogP contribution in [0.15, 0.2) is 54.6 Å². The molecule has 0 saturated heterocycles. The Morgan fingerprint density at radius 3 is 2.33 bits per heavy atom. The second-order valence-electron chi connectivity index (χ2n) is 6.49. The molecule has 1 atom stereocenters. The number of hydrogen-bond donors (Lipinski definition) is 1. The summed E-state index contributed by atoms with van der Waals surface area (Å²) in [5.74, 6) is -0.481. The average molecular weight is 388 g/mol. The molecular formula is C20H24N2O4S. The third-order valence-electron chi connectivity index (χ3n) is 4.20. The molecule has 0 spiro atoms. The molecule has 0 aromatic heterocycles. The highest BCUT2D eigenvalue weighted by Gasteiger charge is 2.21. The third-order valence-corrected chi connectivity index (χ3v) is 5.34. The molecule has 0 aliphatic heterocycles. The average Bonchev–Trinajstić information content (AvgIpc) is 2.64. The summed E-state index contributed by atoms with van der Waals surface area (Å²) >= 11 is 0. The van der Waals surface area contributed by atoms with Gasteiger partial charge in [0, 0.05) is 12.1 Å². The van der Waals surface area contributed by atoms with E-state index in [1.165, 1.54) is 13.0 Å². The van der Waals surface area contributed by atoms with E-state index in [0.717, 1.165) is 16.1 Å². The first-order valence-electron chi connectivity index (χ1n) is 8.59. The molecule has 2 rings (SSSR count). The molecule has 0 heterocycles. The summed E-state index contributed by atoms with van der Waals surface area (Å²) in [4.78, 5) is 23.9. The Bertz CT molecular complexity index is 911. The molecule has 6 nitrogen and oxygen atoms in total. The van der Waals surface area contributed by atoms with Crippen LogP contribution < -0.4 is 9.62 Å². The van der Waals surface area contributed by atoms with Crippen molar-refractivity contribution in [1.29, 1.82) is 0 Å². The minimum absolute atomic E-state index is 0.0999. The molecule has 0 bridgehead atoms. The highest BCUT2D eigenvalue weighted by atomic mass is 32.2. The molecule has 1 amide bonds. The lowest BCUT2D eigenvalue weighted by atomic mass is 10.0. The van der Waals surface area contributed by atoms with E-state index >= 15 is 0 Å². The summed E-state index contributed by atoms with van der Waals surface area (Å²) in [5, 5.41) is 2.78. The summed E-state index contributed by atoms with van der Waals surface area (Å²) < 4.78 is 25.3. The first-order valence-corrected chi connectivity index (χ1v) is 10.4. The highest BCUT2D eigenvalue weighted by molar-refractivity contribution is 7.92. The number of benzene rings is 2. The van der Waals surface area contributed by atoms with E-state index < -0.39 is 15.9 Å². The summed E-state index contributed by atoms with van der Waals surface area (Å²) in [6.07, 6.45) is 1.04. The predicted octanol–water partition coefficient (Wildman–Crippen LogP) is 2.58. The quantitative estimate of drug-likeness (QED) is 0.705. The van der Waals surface area contributed by atoms with Crippen LogP contribution in [-0.4, -0.2) is 39.5 Å². The van der Waals surface area contributed by atoms with Crippen molar-refractivity contribution in [3.05, 3.63) is 65.7 Å². The zero-order valence-electron chi connectivity index (χ0n) is 15.7. The number of nitrogens with one attached hydrogen (secondary N) is 1. The summed E-state index contributed by atoms with van der Waals surface area (Å²) in [5.41, 5.74) is 1.77. The molecule has 7 heteroatoms. The van der Waals surface area contributed by atoms with Crippen molar-refractivity contribution in [2.75, 3.05) is 23.7 Å². The third kappa shape index (κ3) is 5.92. The van der Waals surface area contributed by atoms with E-state index in [1.807, 2.05) is 37.3 Å². The largest absolute Gasteiger partial charge is 0.354 e. The SMILES string of the molecule is CC(=O)c1cccc(N(CC(=O)NC[C@@H](C)c2ccccc2)S(C)(=O)=O)c1. The van der Waals surface area contributed by atoms with Crippen molar-refractivity contribution in [1.82, 2.24) is 5.32 Å². The smallest absolute Gasteiger partial charge is 0.240 e. The molecule has 0 radical (unpaired) electrons. The summed E-state index contributed by atoms with van der Waals surface area (Å²) in [6.45, 7) is 3.44. The van der Waals surface area contributed by atoms with Gasteiger partial charge in [-0.25, -0.2) is 8.42 Å². The molecule has 0 fully saturated rings. The van der Waals surface area contributed by atoms with Crippen LogP contribution in [0.4, 0.5) is 5.69 Å². The Balaban J connectivity index is 2.09. The van der Waals surface area contributed by atoms with Gasteiger partial charge in [-0.05, 0) is 30.5 Å². The number of rotatable bonds is 8. The number of sulfonamides is 1. The van der Waals surface area contributed by atoms with Gasteiger partial charge in [0.25, 0.3) is 0 Å².